The number of carbonyl (C=O) groups is 1. The van der Waals surface area contributed by atoms with Crippen molar-refractivity contribution in [3.63, 3.8) is 0 Å². The van der Waals surface area contributed by atoms with Crippen molar-refractivity contribution in [1.82, 2.24) is 9.88 Å². The van der Waals surface area contributed by atoms with E-state index in [1.165, 1.54) is 36.8 Å². The van der Waals surface area contributed by atoms with Crippen LogP contribution in [-0.2, 0) is 29.2 Å². The van der Waals surface area contributed by atoms with E-state index in [-0.39, 0.29) is 0 Å². The van der Waals surface area contributed by atoms with Crippen molar-refractivity contribution < 1.29 is 9.53 Å². The molecule has 30 heavy (non-hydrogen) atoms. The van der Waals surface area contributed by atoms with Gasteiger partial charge >= 0.3 is 0 Å². The Bertz CT molecular complexity index is 776. The Morgan fingerprint density at radius 1 is 0.833 bits per heavy atom. The maximum absolute atomic E-state index is 12.5. The molecule has 2 fully saturated rings. The van der Waals surface area contributed by atoms with Crippen molar-refractivity contribution >= 4 is 5.91 Å². The number of amides is 1. The zero-order valence-corrected chi connectivity index (χ0v) is 18.0. The lowest BCUT2D eigenvalue weighted by Gasteiger charge is -2.32. The van der Waals surface area contributed by atoms with E-state index in [1.807, 2.05) is 12.1 Å². The third-order valence-electron chi connectivity index (χ3n) is 6.74. The number of rotatable bonds is 8. The third-order valence-corrected chi connectivity index (χ3v) is 6.74. The quantitative estimate of drug-likeness (QED) is 0.608. The molecule has 4 nitrogen and oxygen atoms in total. The minimum Gasteiger partial charge on any atom is -0.372 e. The lowest BCUT2D eigenvalue weighted by Crippen LogP contribution is -2.39. The standard InChI is InChI=1S/C26H34N2O2/c29-26(18-21-3-1-2-4-21)28-15-11-23(12-16-28)17-22-5-7-24(8-6-22)19-30-20-25-9-13-27-14-10-25/h5-10,13-14,21,23H,1-4,11-12,15-20H2. The molecule has 2 heterocycles. The highest BCUT2D eigenvalue weighted by Gasteiger charge is 2.26. The van der Waals surface area contributed by atoms with E-state index in [1.54, 1.807) is 12.4 Å². The van der Waals surface area contributed by atoms with E-state index >= 15 is 0 Å². The molecule has 1 aliphatic heterocycles. The lowest BCUT2D eigenvalue weighted by atomic mass is 9.89. The van der Waals surface area contributed by atoms with Gasteiger partial charge in [-0.15, -0.1) is 0 Å². The number of likely N-dealkylation sites (tertiary alicyclic amines) is 1. The van der Waals surface area contributed by atoms with Crippen LogP contribution in [0.2, 0.25) is 0 Å². The van der Waals surface area contributed by atoms with Crippen molar-refractivity contribution in [3.8, 4) is 0 Å². The Kier molecular flexibility index (Phi) is 7.52. The summed E-state index contributed by atoms with van der Waals surface area (Å²) in [6.45, 7) is 3.13. The number of piperidine rings is 1. The molecule has 4 rings (SSSR count). The Balaban J connectivity index is 1.16. The monoisotopic (exact) mass is 406 g/mol. The molecule has 0 radical (unpaired) electrons. The van der Waals surface area contributed by atoms with Crippen LogP contribution in [0.1, 0.15) is 61.6 Å². The molecule has 1 saturated carbocycles. The van der Waals surface area contributed by atoms with Gasteiger partial charge in [0.25, 0.3) is 0 Å². The zero-order chi connectivity index (χ0) is 20.6. The van der Waals surface area contributed by atoms with Gasteiger partial charge in [0.2, 0.25) is 5.91 Å². The number of benzene rings is 1. The summed E-state index contributed by atoms with van der Waals surface area (Å²) in [5.74, 6) is 1.74. The van der Waals surface area contributed by atoms with Gasteiger partial charge in [0.05, 0.1) is 13.2 Å². The van der Waals surface area contributed by atoms with Gasteiger partial charge in [-0.25, -0.2) is 0 Å². The lowest BCUT2D eigenvalue weighted by molar-refractivity contribution is -0.133. The molecule has 4 heteroatoms. The average molecular weight is 407 g/mol. The zero-order valence-electron chi connectivity index (χ0n) is 18.0. The molecular formula is C26H34N2O2. The highest BCUT2D eigenvalue weighted by atomic mass is 16.5. The van der Waals surface area contributed by atoms with Gasteiger partial charge in [-0.3, -0.25) is 9.78 Å². The molecule has 2 aromatic rings. The minimum atomic E-state index is 0.400. The largest absolute Gasteiger partial charge is 0.372 e. The third kappa shape index (κ3) is 6.15. The van der Waals surface area contributed by atoms with Gasteiger partial charge in [0.1, 0.15) is 0 Å². The first kappa shape index (κ1) is 21.0. The Morgan fingerprint density at radius 2 is 1.43 bits per heavy atom. The Morgan fingerprint density at radius 3 is 2.10 bits per heavy atom. The molecule has 1 amide bonds. The van der Waals surface area contributed by atoms with Crippen LogP contribution >= 0.6 is 0 Å². The highest BCUT2D eigenvalue weighted by Crippen LogP contribution is 2.29. The van der Waals surface area contributed by atoms with Crippen LogP contribution in [0.15, 0.2) is 48.8 Å². The number of aromatic nitrogens is 1. The van der Waals surface area contributed by atoms with Gasteiger partial charge in [-0.05, 0) is 72.8 Å². The first-order valence-electron chi connectivity index (χ1n) is 11.6. The molecule has 0 spiro atoms. The average Bonchev–Trinajstić information content (AvgIpc) is 3.29. The SMILES string of the molecule is O=C(CC1CCCC1)N1CCC(Cc2ccc(COCc3ccncc3)cc2)CC1. The van der Waals surface area contributed by atoms with Gasteiger partial charge < -0.3 is 9.64 Å². The van der Waals surface area contributed by atoms with Crippen LogP contribution in [-0.4, -0.2) is 28.9 Å². The van der Waals surface area contributed by atoms with Gasteiger partial charge in [0.15, 0.2) is 0 Å². The summed E-state index contributed by atoms with van der Waals surface area (Å²) in [6, 6.07) is 12.8. The Hall–Kier alpha value is -2.20. The van der Waals surface area contributed by atoms with Crippen molar-refractivity contribution in [2.75, 3.05) is 13.1 Å². The smallest absolute Gasteiger partial charge is 0.222 e. The van der Waals surface area contributed by atoms with Crippen molar-refractivity contribution in [3.05, 3.63) is 65.5 Å². The topological polar surface area (TPSA) is 42.4 Å². The number of hydrogen-bond donors (Lipinski definition) is 0. The van der Waals surface area contributed by atoms with Crippen LogP contribution in [0.3, 0.4) is 0 Å². The molecule has 0 N–H and O–H groups in total. The molecule has 0 bridgehead atoms. The summed E-state index contributed by atoms with van der Waals surface area (Å²) in [5.41, 5.74) is 3.75. The minimum absolute atomic E-state index is 0.400. The van der Waals surface area contributed by atoms with E-state index in [0.29, 0.717) is 31.0 Å². The van der Waals surface area contributed by atoms with Crippen LogP contribution < -0.4 is 0 Å². The van der Waals surface area contributed by atoms with E-state index in [9.17, 15) is 4.79 Å². The number of nitrogens with zero attached hydrogens (tertiary/aromatic N) is 2. The van der Waals surface area contributed by atoms with Gasteiger partial charge in [-0.1, -0.05) is 37.1 Å². The first-order valence-corrected chi connectivity index (χ1v) is 11.6. The second-order valence-electron chi connectivity index (χ2n) is 9.05. The fourth-order valence-corrected chi connectivity index (χ4v) is 4.85. The van der Waals surface area contributed by atoms with E-state index < -0.39 is 0 Å². The highest BCUT2D eigenvalue weighted by molar-refractivity contribution is 5.76. The summed E-state index contributed by atoms with van der Waals surface area (Å²) < 4.78 is 5.81. The van der Waals surface area contributed by atoms with Gasteiger partial charge in [0, 0.05) is 31.9 Å². The summed E-state index contributed by atoms with van der Waals surface area (Å²) >= 11 is 0. The fraction of sp³-hybridized carbons (Fsp3) is 0.538. The molecule has 1 aromatic heterocycles. The van der Waals surface area contributed by atoms with Crippen molar-refractivity contribution in [1.29, 1.82) is 0 Å². The van der Waals surface area contributed by atoms with Crippen LogP contribution in [0, 0.1) is 11.8 Å². The van der Waals surface area contributed by atoms with Crippen LogP contribution in [0.4, 0.5) is 0 Å². The maximum Gasteiger partial charge on any atom is 0.222 e. The first-order chi connectivity index (χ1) is 14.8. The summed E-state index contributed by atoms with van der Waals surface area (Å²) in [6.07, 6.45) is 12.9. The van der Waals surface area contributed by atoms with Crippen molar-refractivity contribution in [2.24, 2.45) is 11.8 Å². The van der Waals surface area contributed by atoms with Crippen molar-refractivity contribution in [2.45, 2.75) is 64.6 Å². The molecule has 1 aromatic carbocycles. The molecule has 0 atom stereocenters. The Labute approximate surface area is 180 Å². The van der Waals surface area contributed by atoms with E-state index in [2.05, 4.69) is 34.1 Å². The van der Waals surface area contributed by atoms with Crippen LogP contribution in [0.5, 0.6) is 0 Å². The van der Waals surface area contributed by atoms with E-state index in [4.69, 9.17) is 4.74 Å². The fourth-order valence-electron chi connectivity index (χ4n) is 4.85. The molecule has 1 saturated heterocycles. The summed E-state index contributed by atoms with van der Waals surface area (Å²) in [4.78, 5) is 18.7. The van der Waals surface area contributed by atoms with Crippen LogP contribution in [0.25, 0.3) is 0 Å². The predicted molar refractivity (Wildman–Crippen MR) is 119 cm³/mol. The summed E-state index contributed by atoms with van der Waals surface area (Å²) in [5, 5.41) is 0. The number of pyridine rings is 1. The molecule has 160 valence electrons. The molecular weight excluding hydrogens is 372 g/mol. The molecule has 0 unspecified atom stereocenters. The maximum atomic E-state index is 12.5. The predicted octanol–water partition coefficient (Wildman–Crippen LogP) is 5.16. The van der Waals surface area contributed by atoms with Gasteiger partial charge in [-0.2, -0.15) is 0 Å². The second-order valence-corrected chi connectivity index (χ2v) is 9.05. The summed E-state index contributed by atoms with van der Waals surface area (Å²) in [7, 11) is 0. The second kappa shape index (κ2) is 10.7. The molecule has 1 aliphatic carbocycles. The molecule has 2 aliphatic rings. The number of carbonyl (C=O) groups excluding carboxylic acids is 1. The van der Waals surface area contributed by atoms with E-state index in [0.717, 1.165) is 44.3 Å². The number of ether oxygens (including phenoxy) is 1. The normalized spacial score (nSPS) is 18.1. The number of hydrogen-bond acceptors (Lipinski definition) is 3.